The van der Waals surface area contributed by atoms with Crippen LogP contribution in [0, 0.1) is 35.5 Å². The molecular formula is C23H38O4. The molecule has 4 unspecified atom stereocenters. The molecule has 4 nitrogen and oxygen atoms in total. The van der Waals surface area contributed by atoms with E-state index in [0.717, 1.165) is 32.1 Å². The van der Waals surface area contributed by atoms with E-state index in [1.165, 1.54) is 11.1 Å². The minimum Gasteiger partial charge on any atom is -0.465 e. The lowest BCUT2D eigenvalue weighted by atomic mass is 9.70. The summed E-state index contributed by atoms with van der Waals surface area (Å²) < 4.78 is 11.2. The molecule has 2 aliphatic carbocycles. The number of fused-ring (bicyclic) bond motifs is 2. The highest BCUT2D eigenvalue weighted by molar-refractivity contribution is 5.85. The van der Waals surface area contributed by atoms with Gasteiger partial charge in [0.2, 0.25) is 0 Å². The van der Waals surface area contributed by atoms with E-state index in [2.05, 4.69) is 41.5 Å². The standard InChI is InChI=1S/C23H38O4/c1-7-9-11-26-22(24)20-16-13-17(19(15(5)6)18(16)14(3)4)21(20)23(25)27-12-10-8-2/h14-17,20-21H,7-13H2,1-6H3. The maximum absolute atomic E-state index is 12.9. The molecule has 0 aromatic carbocycles. The molecule has 0 aromatic rings. The van der Waals surface area contributed by atoms with Gasteiger partial charge in [0.1, 0.15) is 0 Å². The van der Waals surface area contributed by atoms with Crippen molar-refractivity contribution in [3.8, 4) is 0 Å². The van der Waals surface area contributed by atoms with Gasteiger partial charge in [0, 0.05) is 0 Å². The molecule has 0 amide bonds. The van der Waals surface area contributed by atoms with Gasteiger partial charge in [-0.2, -0.15) is 0 Å². The molecule has 27 heavy (non-hydrogen) atoms. The number of hydrogen-bond acceptors (Lipinski definition) is 4. The first-order valence-electron chi connectivity index (χ1n) is 10.9. The van der Waals surface area contributed by atoms with Crippen molar-refractivity contribution in [3.05, 3.63) is 11.1 Å². The molecule has 0 heterocycles. The first-order valence-corrected chi connectivity index (χ1v) is 10.9. The molecule has 154 valence electrons. The Bertz CT molecular complexity index is 513. The van der Waals surface area contributed by atoms with Gasteiger partial charge in [0.15, 0.2) is 0 Å². The van der Waals surface area contributed by atoms with Crippen LogP contribution in [0.3, 0.4) is 0 Å². The minimum absolute atomic E-state index is 0.130. The number of esters is 2. The Morgan fingerprint density at radius 2 is 1.19 bits per heavy atom. The lowest BCUT2D eigenvalue weighted by molar-refractivity contribution is -0.162. The van der Waals surface area contributed by atoms with E-state index in [1.807, 2.05) is 0 Å². The Kier molecular flexibility index (Phi) is 7.93. The Morgan fingerprint density at radius 1 is 0.815 bits per heavy atom. The summed E-state index contributed by atoms with van der Waals surface area (Å²) in [6.07, 6.45) is 4.59. The molecule has 0 spiro atoms. The maximum Gasteiger partial charge on any atom is 0.310 e. The zero-order chi connectivity index (χ0) is 20.1. The molecule has 4 heteroatoms. The van der Waals surface area contributed by atoms with Crippen molar-refractivity contribution < 1.29 is 19.1 Å². The van der Waals surface area contributed by atoms with Gasteiger partial charge in [-0.3, -0.25) is 9.59 Å². The minimum atomic E-state index is -0.374. The molecule has 4 atom stereocenters. The molecule has 0 aliphatic heterocycles. The second kappa shape index (κ2) is 9.75. The predicted molar refractivity (Wildman–Crippen MR) is 107 cm³/mol. The van der Waals surface area contributed by atoms with E-state index in [1.54, 1.807) is 0 Å². The lowest BCUT2D eigenvalue weighted by Gasteiger charge is -2.34. The van der Waals surface area contributed by atoms with Gasteiger partial charge in [0.05, 0.1) is 25.0 Å². The second-order valence-electron chi connectivity index (χ2n) is 8.76. The van der Waals surface area contributed by atoms with Crippen LogP contribution in [-0.4, -0.2) is 25.2 Å². The third-order valence-corrected chi connectivity index (χ3v) is 6.17. The fraction of sp³-hybridized carbons (Fsp3) is 0.826. The third-order valence-electron chi connectivity index (χ3n) is 6.17. The SMILES string of the molecule is CCCCOC(=O)C1C2CC(C(C(C)C)=C2C(C)C)C1C(=O)OCCCC. The van der Waals surface area contributed by atoms with Crippen LogP contribution in [0.5, 0.6) is 0 Å². The molecule has 1 fully saturated rings. The zero-order valence-electron chi connectivity index (χ0n) is 18.0. The summed E-state index contributed by atoms with van der Waals surface area (Å²) in [5.41, 5.74) is 2.79. The van der Waals surface area contributed by atoms with Crippen molar-refractivity contribution in [1.82, 2.24) is 0 Å². The fourth-order valence-corrected chi connectivity index (χ4v) is 5.11. The topological polar surface area (TPSA) is 52.6 Å². The van der Waals surface area contributed by atoms with Crippen LogP contribution in [0.4, 0.5) is 0 Å². The normalized spacial score (nSPS) is 27.0. The summed E-state index contributed by atoms with van der Waals surface area (Å²) in [6.45, 7) is 13.8. The summed E-state index contributed by atoms with van der Waals surface area (Å²) in [5.74, 6) is -0.109. The number of carbonyl (C=O) groups excluding carboxylic acids is 2. The highest BCUT2D eigenvalue weighted by Crippen LogP contribution is 2.59. The van der Waals surface area contributed by atoms with Gasteiger partial charge >= 0.3 is 11.9 Å². The van der Waals surface area contributed by atoms with Crippen LogP contribution in [0.25, 0.3) is 0 Å². The van der Waals surface area contributed by atoms with Crippen molar-refractivity contribution in [3.63, 3.8) is 0 Å². The highest BCUT2D eigenvalue weighted by Gasteiger charge is 2.59. The van der Waals surface area contributed by atoms with Gasteiger partial charge < -0.3 is 9.47 Å². The van der Waals surface area contributed by atoms with Crippen LogP contribution in [0.2, 0.25) is 0 Å². The number of rotatable bonds is 10. The van der Waals surface area contributed by atoms with Gasteiger partial charge in [-0.05, 0) is 42.9 Å². The monoisotopic (exact) mass is 378 g/mol. The average molecular weight is 379 g/mol. The van der Waals surface area contributed by atoms with Gasteiger partial charge in [-0.15, -0.1) is 0 Å². The predicted octanol–water partition coefficient (Wildman–Crippen LogP) is 5.16. The van der Waals surface area contributed by atoms with E-state index in [9.17, 15) is 9.59 Å². The van der Waals surface area contributed by atoms with Crippen molar-refractivity contribution >= 4 is 11.9 Å². The molecule has 0 saturated heterocycles. The van der Waals surface area contributed by atoms with E-state index in [0.29, 0.717) is 25.0 Å². The van der Waals surface area contributed by atoms with E-state index < -0.39 is 0 Å². The molecule has 0 N–H and O–H groups in total. The van der Waals surface area contributed by atoms with E-state index >= 15 is 0 Å². The van der Waals surface area contributed by atoms with Crippen LogP contribution >= 0.6 is 0 Å². The molecule has 2 bridgehead atoms. The van der Waals surface area contributed by atoms with Crippen molar-refractivity contribution in [1.29, 1.82) is 0 Å². The highest BCUT2D eigenvalue weighted by atomic mass is 16.5. The maximum atomic E-state index is 12.9. The quantitative estimate of drug-likeness (QED) is 0.299. The molecular weight excluding hydrogens is 340 g/mol. The smallest absolute Gasteiger partial charge is 0.310 e. The Labute approximate surface area is 165 Å². The molecule has 2 aliphatic rings. The molecule has 0 radical (unpaired) electrons. The van der Waals surface area contributed by atoms with Gasteiger partial charge in [-0.25, -0.2) is 0 Å². The summed E-state index contributed by atoms with van der Waals surface area (Å²) in [4.78, 5) is 25.9. The van der Waals surface area contributed by atoms with Crippen LogP contribution in [-0.2, 0) is 19.1 Å². The first kappa shape index (κ1) is 22.0. The number of unbranched alkanes of at least 4 members (excludes halogenated alkanes) is 2. The number of carbonyl (C=O) groups is 2. The Hall–Kier alpha value is -1.32. The summed E-state index contributed by atoms with van der Waals surface area (Å²) in [7, 11) is 0. The molecule has 1 saturated carbocycles. The molecule has 0 aromatic heterocycles. The molecule has 2 rings (SSSR count). The van der Waals surface area contributed by atoms with Crippen LogP contribution in [0.1, 0.15) is 73.6 Å². The lowest BCUT2D eigenvalue weighted by Crippen LogP contribution is -2.39. The number of hydrogen-bond donors (Lipinski definition) is 0. The zero-order valence-corrected chi connectivity index (χ0v) is 18.0. The Morgan fingerprint density at radius 3 is 1.48 bits per heavy atom. The number of allylic oxidation sites excluding steroid dienone is 2. The first-order chi connectivity index (χ1) is 12.8. The van der Waals surface area contributed by atoms with Crippen LogP contribution < -0.4 is 0 Å². The second-order valence-corrected chi connectivity index (χ2v) is 8.76. The van der Waals surface area contributed by atoms with Crippen LogP contribution in [0.15, 0.2) is 11.1 Å². The summed E-state index contributed by atoms with van der Waals surface area (Å²) >= 11 is 0. The summed E-state index contributed by atoms with van der Waals surface area (Å²) in [5, 5.41) is 0. The van der Waals surface area contributed by atoms with Crippen molar-refractivity contribution in [2.45, 2.75) is 73.6 Å². The van der Waals surface area contributed by atoms with Crippen molar-refractivity contribution in [2.75, 3.05) is 13.2 Å². The summed E-state index contributed by atoms with van der Waals surface area (Å²) in [6, 6.07) is 0. The third kappa shape index (κ3) is 4.57. The van der Waals surface area contributed by atoms with E-state index in [4.69, 9.17) is 9.47 Å². The fourth-order valence-electron chi connectivity index (χ4n) is 5.11. The Balaban J connectivity index is 2.30. The van der Waals surface area contributed by atoms with Gasteiger partial charge in [-0.1, -0.05) is 65.5 Å². The average Bonchev–Trinajstić information content (AvgIpc) is 3.17. The van der Waals surface area contributed by atoms with Gasteiger partial charge in [0.25, 0.3) is 0 Å². The van der Waals surface area contributed by atoms with E-state index in [-0.39, 0.29) is 35.6 Å². The van der Waals surface area contributed by atoms with Crippen molar-refractivity contribution in [2.24, 2.45) is 35.5 Å². The number of ether oxygens (including phenoxy) is 2. The largest absolute Gasteiger partial charge is 0.465 e.